The van der Waals surface area contributed by atoms with Gasteiger partial charge in [0.1, 0.15) is 12.4 Å². The van der Waals surface area contributed by atoms with Crippen molar-refractivity contribution in [1.82, 2.24) is 19.9 Å². The quantitative estimate of drug-likeness (QED) is 0.742. The molecule has 3 aromatic rings. The summed E-state index contributed by atoms with van der Waals surface area (Å²) in [5, 5.41) is 8.42. The van der Waals surface area contributed by atoms with Gasteiger partial charge in [0.25, 0.3) is 0 Å². The van der Waals surface area contributed by atoms with E-state index in [1.54, 1.807) is 10.9 Å². The van der Waals surface area contributed by atoms with E-state index in [4.69, 9.17) is 4.52 Å². The Hall–Kier alpha value is -2.50. The van der Waals surface area contributed by atoms with Gasteiger partial charge in [-0.2, -0.15) is 10.1 Å². The lowest BCUT2D eigenvalue weighted by atomic mass is 9.64. The minimum Gasteiger partial charge on any atom is -0.337 e. The average Bonchev–Trinajstić information content (AvgIpc) is 3.10. The first kappa shape index (κ1) is 14.1. The van der Waals surface area contributed by atoms with E-state index in [0.717, 1.165) is 30.4 Å². The van der Waals surface area contributed by atoms with Crippen molar-refractivity contribution in [2.75, 3.05) is 0 Å². The molecule has 2 aromatic heterocycles. The molecule has 118 valence electrons. The van der Waals surface area contributed by atoms with Gasteiger partial charge in [-0.15, -0.1) is 0 Å². The van der Waals surface area contributed by atoms with Crippen LogP contribution in [0, 0.1) is 12.7 Å². The van der Waals surface area contributed by atoms with Crippen molar-refractivity contribution >= 4 is 0 Å². The van der Waals surface area contributed by atoms with Gasteiger partial charge in [0.05, 0.1) is 11.6 Å². The normalized spacial score (nSPS) is 16.3. The molecule has 1 fully saturated rings. The predicted molar refractivity (Wildman–Crippen MR) is 81.4 cm³/mol. The third-order valence-corrected chi connectivity index (χ3v) is 4.56. The van der Waals surface area contributed by atoms with Crippen LogP contribution in [0.15, 0.2) is 41.2 Å². The van der Waals surface area contributed by atoms with Crippen LogP contribution in [-0.4, -0.2) is 19.9 Å². The van der Waals surface area contributed by atoms with Gasteiger partial charge in [0.15, 0.2) is 5.82 Å². The second kappa shape index (κ2) is 5.30. The van der Waals surface area contributed by atoms with E-state index in [-0.39, 0.29) is 11.2 Å². The molecule has 1 aliphatic rings. The highest BCUT2D eigenvalue weighted by Crippen LogP contribution is 2.47. The first-order valence-electron chi connectivity index (χ1n) is 7.74. The fourth-order valence-corrected chi connectivity index (χ4v) is 3.15. The van der Waals surface area contributed by atoms with Crippen LogP contribution in [0.3, 0.4) is 0 Å². The largest absolute Gasteiger partial charge is 0.337 e. The molecule has 0 amide bonds. The zero-order valence-electron chi connectivity index (χ0n) is 12.9. The van der Waals surface area contributed by atoms with E-state index in [2.05, 4.69) is 15.2 Å². The number of halogens is 1. The molecule has 23 heavy (non-hydrogen) atoms. The van der Waals surface area contributed by atoms with Gasteiger partial charge in [-0.25, -0.2) is 4.39 Å². The van der Waals surface area contributed by atoms with Crippen LogP contribution in [0.4, 0.5) is 4.39 Å². The van der Waals surface area contributed by atoms with Crippen LogP contribution < -0.4 is 0 Å². The highest BCUT2D eigenvalue weighted by atomic mass is 19.1. The standard InChI is InChI=1S/C17H17FN4O/c1-12-9-19-22(10-12)11-15-20-16(21-23-15)17(7-2-8-17)13-3-5-14(18)6-4-13/h3-6,9-10H,2,7-8,11H2,1H3. The predicted octanol–water partition coefficient (Wildman–Crippen LogP) is 3.23. The molecule has 6 heteroatoms. The lowest BCUT2D eigenvalue weighted by Crippen LogP contribution is -2.36. The van der Waals surface area contributed by atoms with Crippen molar-refractivity contribution in [1.29, 1.82) is 0 Å². The van der Waals surface area contributed by atoms with E-state index in [0.29, 0.717) is 18.3 Å². The number of rotatable bonds is 4. The summed E-state index contributed by atoms with van der Waals surface area (Å²) >= 11 is 0. The van der Waals surface area contributed by atoms with Crippen molar-refractivity contribution in [3.05, 3.63) is 65.3 Å². The average molecular weight is 312 g/mol. The molecule has 0 bridgehead atoms. The van der Waals surface area contributed by atoms with E-state index >= 15 is 0 Å². The number of aryl methyl sites for hydroxylation is 1. The minimum absolute atomic E-state index is 0.230. The third kappa shape index (κ3) is 2.44. The summed E-state index contributed by atoms with van der Waals surface area (Å²) in [6.45, 7) is 2.45. The molecule has 0 spiro atoms. The van der Waals surface area contributed by atoms with Gasteiger partial charge in [0.2, 0.25) is 5.89 Å². The van der Waals surface area contributed by atoms with Crippen molar-refractivity contribution in [3.8, 4) is 0 Å². The monoisotopic (exact) mass is 312 g/mol. The summed E-state index contributed by atoms with van der Waals surface area (Å²) in [6, 6.07) is 6.62. The van der Waals surface area contributed by atoms with Gasteiger partial charge < -0.3 is 4.52 Å². The van der Waals surface area contributed by atoms with E-state index in [9.17, 15) is 4.39 Å². The summed E-state index contributed by atoms with van der Waals surface area (Å²) in [5.74, 6) is 0.997. The highest BCUT2D eigenvalue weighted by molar-refractivity contribution is 5.35. The molecule has 0 saturated heterocycles. The van der Waals surface area contributed by atoms with Crippen LogP contribution in [0.25, 0.3) is 0 Å². The van der Waals surface area contributed by atoms with Crippen LogP contribution in [0.2, 0.25) is 0 Å². The van der Waals surface area contributed by atoms with Gasteiger partial charge in [-0.1, -0.05) is 23.7 Å². The molecule has 0 unspecified atom stereocenters. The molecule has 4 rings (SSSR count). The zero-order chi connectivity index (χ0) is 15.9. The molecule has 0 atom stereocenters. The molecule has 1 saturated carbocycles. The molecule has 5 nitrogen and oxygen atoms in total. The summed E-state index contributed by atoms with van der Waals surface area (Å²) in [4.78, 5) is 4.58. The second-order valence-corrected chi connectivity index (χ2v) is 6.17. The molecule has 0 N–H and O–H groups in total. The number of aromatic nitrogens is 4. The molecule has 0 radical (unpaired) electrons. The van der Waals surface area contributed by atoms with Crippen molar-refractivity contribution in [3.63, 3.8) is 0 Å². The van der Waals surface area contributed by atoms with E-state index < -0.39 is 0 Å². The highest BCUT2D eigenvalue weighted by Gasteiger charge is 2.44. The SMILES string of the molecule is Cc1cnn(Cc2nc(C3(c4ccc(F)cc4)CCC3)no2)c1. The Morgan fingerprint density at radius 1 is 1.26 bits per heavy atom. The van der Waals surface area contributed by atoms with Crippen molar-refractivity contribution in [2.45, 2.75) is 38.1 Å². The Labute approximate surface area is 133 Å². The van der Waals surface area contributed by atoms with Gasteiger partial charge in [-0.05, 0) is 43.0 Å². The maximum absolute atomic E-state index is 13.2. The minimum atomic E-state index is -0.241. The van der Waals surface area contributed by atoms with Gasteiger partial charge in [-0.3, -0.25) is 4.68 Å². The smallest absolute Gasteiger partial charge is 0.248 e. The second-order valence-electron chi connectivity index (χ2n) is 6.17. The first-order valence-corrected chi connectivity index (χ1v) is 7.74. The van der Waals surface area contributed by atoms with E-state index in [1.807, 2.05) is 25.3 Å². The number of benzene rings is 1. The molecular formula is C17H17FN4O. The maximum Gasteiger partial charge on any atom is 0.248 e. The fraction of sp³-hybridized carbons (Fsp3) is 0.353. The summed E-state index contributed by atoms with van der Waals surface area (Å²) in [7, 11) is 0. The van der Waals surface area contributed by atoms with Crippen molar-refractivity contribution < 1.29 is 8.91 Å². The molecule has 2 heterocycles. The molecule has 1 aromatic carbocycles. The fourth-order valence-electron chi connectivity index (χ4n) is 3.15. The Balaban J connectivity index is 1.62. The van der Waals surface area contributed by atoms with Gasteiger partial charge >= 0.3 is 0 Å². The van der Waals surface area contributed by atoms with Crippen LogP contribution in [0.1, 0.15) is 42.1 Å². The molecular weight excluding hydrogens is 295 g/mol. The summed E-state index contributed by atoms with van der Waals surface area (Å²) in [6.07, 6.45) is 6.75. The number of hydrogen-bond acceptors (Lipinski definition) is 4. The van der Waals surface area contributed by atoms with Crippen LogP contribution in [0.5, 0.6) is 0 Å². The summed E-state index contributed by atoms with van der Waals surface area (Å²) < 4.78 is 20.4. The summed E-state index contributed by atoms with van der Waals surface area (Å²) in [5.41, 5.74) is 1.90. The Kier molecular flexibility index (Phi) is 3.25. The third-order valence-electron chi connectivity index (χ3n) is 4.56. The van der Waals surface area contributed by atoms with E-state index in [1.165, 1.54) is 12.1 Å². The Morgan fingerprint density at radius 2 is 2.04 bits per heavy atom. The zero-order valence-corrected chi connectivity index (χ0v) is 12.9. The lowest BCUT2D eigenvalue weighted by Gasteiger charge is -2.39. The Bertz CT molecular complexity index is 817. The molecule has 0 aliphatic heterocycles. The molecule has 1 aliphatic carbocycles. The van der Waals surface area contributed by atoms with Gasteiger partial charge in [0, 0.05) is 6.20 Å². The number of hydrogen-bond donors (Lipinski definition) is 0. The van der Waals surface area contributed by atoms with Crippen LogP contribution in [-0.2, 0) is 12.0 Å². The Morgan fingerprint density at radius 3 is 2.65 bits per heavy atom. The number of nitrogens with zero attached hydrogens (tertiary/aromatic N) is 4. The van der Waals surface area contributed by atoms with Crippen molar-refractivity contribution in [2.24, 2.45) is 0 Å². The lowest BCUT2D eigenvalue weighted by molar-refractivity contribution is 0.270. The topological polar surface area (TPSA) is 56.7 Å². The maximum atomic E-state index is 13.2. The first-order chi connectivity index (χ1) is 11.2. The van der Waals surface area contributed by atoms with Crippen LogP contribution >= 0.6 is 0 Å².